The quantitative estimate of drug-likeness (QED) is 0.948. The Hall–Kier alpha value is -1.95. The van der Waals surface area contributed by atoms with Gasteiger partial charge in [-0.2, -0.15) is 0 Å². The first-order valence-corrected chi connectivity index (χ1v) is 7.49. The zero-order chi connectivity index (χ0) is 15.1. The number of aliphatic carboxylic acids is 1. The van der Waals surface area contributed by atoms with E-state index in [1.54, 1.807) is 30.0 Å². The number of fused-ring (bicyclic) bond motifs is 1. The van der Waals surface area contributed by atoms with Crippen molar-refractivity contribution in [3.8, 4) is 0 Å². The van der Waals surface area contributed by atoms with E-state index in [4.69, 9.17) is 5.11 Å². The highest BCUT2D eigenvalue weighted by molar-refractivity contribution is 7.20. The number of benzene rings is 1. The number of likely N-dealkylation sites (tertiary alicyclic amines) is 1. The minimum absolute atomic E-state index is 0.00226. The van der Waals surface area contributed by atoms with Crippen molar-refractivity contribution in [3.63, 3.8) is 0 Å². The Balaban J connectivity index is 1.74. The van der Waals surface area contributed by atoms with E-state index < -0.39 is 11.9 Å². The minimum Gasteiger partial charge on any atom is -0.481 e. The number of halogens is 1. The van der Waals surface area contributed by atoms with Crippen LogP contribution in [0, 0.1) is 17.7 Å². The van der Waals surface area contributed by atoms with Gasteiger partial charge in [-0.05, 0) is 18.2 Å². The lowest BCUT2D eigenvalue weighted by Gasteiger charge is -2.40. The molecule has 1 fully saturated rings. The zero-order valence-electron chi connectivity index (χ0n) is 11.4. The number of carboxylic acid groups (broad SMARTS) is 1. The average Bonchev–Trinajstić information content (AvgIpc) is 2.82. The van der Waals surface area contributed by atoms with Crippen LogP contribution in [-0.4, -0.2) is 35.0 Å². The van der Waals surface area contributed by atoms with Crippen LogP contribution in [0.5, 0.6) is 0 Å². The summed E-state index contributed by atoms with van der Waals surface area (Å²) in [6, 6.07) is 6.35. The molecule has 1 unspecified atom stereocenters. The summed E-state index contributed by atoms with van der Waals surface area (Å²) in [5, 5.41) is 9.40. The zero-order valence-corrected chi connectivity index (χ0v) is 12.2. The van der Waals surface area contributed by atoms with E-state index in [-0.39, 0.29) is 17.6 Å². The predicted octanol–water partition coefficient (Wildman–Crippen LogP) is 2.83. The SMILES string of the molecule is CC(C(=O)O)C1CN(C(=O)c2cc3c(F)cccc3s2)C1. The molecule has 1 aliphatic rings. The maximum Gasteiger partial charge on any atom is 0.306 e. The van der Waals surface area contributed by atoms with Crippen molar-refractivity contribution in [2.45, 2.75) is 6.92 Å². The van der Waals surface area contributed by atoms with Gasteiger partial charge in [-0.15, -0.1) is 11.3 Å². The standard InChI is InChI=1S/C15H14FNO3S/c1-8(15(19)20)9-6-17(7-9)14(18)13-5-10-11(16)3-2-4-12(10)21-13/h2-5,8-9H,6-7H2,1H3,(H,19,20). The summed E-state index contributed by atoms with van der Waals surface area (Å²) in [6.45, 7) is 2.55. The lowest BCUT2D eigenvalue weighted by Crippen LogP contribution is -2.53. The van der Waals surface area contributed by atoms with Crippen LogP contribution in [0.25, 0.3) is 10.1 Å². The molecule has 0 spiro atoms. The van der Waals surface area contributed by atoms with Crippen LogP contribution in [0.2, 0.25) is 0 Å². The van der Waals surface area contributed by atoms with Crippen LogP contribution >= 0.6 is 11.3 Å². The molecule has 0 radical (unpaired) electrons. The van der Waals surface area contributed by atoms with E-state index in [9.17, 15) is 14.0 Å². The van der Waals surface area contributed by atoms with Gasteiger partial charge in [-0.25, -0.2) is 4.39 Å². The third-order valence-corrected chi connectivity index (χ3v) is 5.10. The number of carbonyl (C=O) groups excluding carboxylic acids is 1. The molecular weight excluding hydrogens is 293 g/mol. The van der Waals surface area contributed by atoms with Crippen molar-refractivity contribution in [1.82, 2.24) is 4.90 Å². The van der Waals surface area contributed by atoms with E-state index in [1.807, 2.05) is 0 Å². The summed E-state index contributed by atoms with van der Waals surface area (Å²) in [5.74, 6) is -1.77. The van der Waals surface area contributed by atoms with Crippen LogP contribution < -0.4 is 0 Å². The minimum atomic E-state index is -0.837. The van der Waals surface area contributed by atoms with Gasteiger partial charge in [0, 0.05) is 29.1 Å². The number of carbonyl (C=O) groups is 2. The second-order valence-corrected chi connectivity index (χ2v) is 6.44. The molecule has 2 aromatic rings. The lowest BCUT2D eigenvalue weighted by molar-refractivity contribution is -0.144. The lowest BCUT2D eigenvalue weighted by atomic mass is 9.87. The van der Waals surface area contributed by atoms with E-state index in [0.29, 0.717) is 23.4 Å². The molecule has 4 nitrogen and oxygen atoms in total. The van der Waals surface area contributed by atoms with Crippen molar-refractivity contribution in [2.24, 2.45) is 11.8 Å². The van der Waals surface area contributed by atoms with Gasteiger partial charge in [0.2, 0.25) is 0 Å². The number of thiophene rings is 1. The molecule has 110 valence electrons. The number of hydrogen-bond acceptors (Lipinski definition) is 3. The van der Waals surface area contributed by atoms with Crippen molar-refractivity contribution < 1.29 is 19.1 Å². The molecule has 1 saturated heterocycles. The fourth-order valence-electron chi connectivity index (χ4n) is 2.48. The topological polar surface area (TPSA) is 57.6 Å². The van der Waals surface area contributed by atoms with Crippen LogP contribution in [-0.2, 0) is 4.79 Å². The monoisotopic (exact) mass is 307 g/mol. The van der Waals surface area contributed by atoms with Crippen LogP contribution in [0.1, 0.15) is 16.6 Å². The molecule has 1 aromatic carbocycles. The molecule has 2 heterocycles. The van der Waals surface area contributed by atoms with Crippen molar-refractivity contribution in [3.05, 3.63) is 35.0 Å². The first-order chi connectivity index (χ1) is 9.97. The van der Waals surface area contributed by atoms with Gasteiger partial charge in [0.05, 0.1) is 10.8 Å². The normalized spacial score (nSPS) is 16.8. The third-order valence-electron chi connectivity index (χ3n) is 4.01. The average molecular weight is 307 g/mol. The summed E-state index contributed by atoms with van der Waals surface area (Å²) in [7, 11) is 0. The highest BCUT2D eigenvalue weighted by Crippen LogP contribution is 2.31. The van der Waals surface area contributed by atoms with Crippen molar-refractivity contribution in [1.29, 1.82) is 0 Å². The van der Waals surface area contributed by atoms with E-state index >= 15 is 0 Å². The summed E-state index contributed by atoms with van der Waals surface area (Å²) >= 11 is 1.27. The highest BCUT2D eigenvalue weighted by Gasteiger charge is 2.37. The van der Waals surface area contributed by atoms with Gasteiger partial charge >= 0.3 is 5.97 Å². The molecule has 0 saturated carbocycles. The van der Waals surface area contributed by atoms with E-state index in [0.717, 1.165) is 4.70 Å². The number of rotatable bonds is 3. The van der Waals surface area contributed by atoms with E-state index in [2.05, 4.69) is 0 Å². The third kappa shape index (κ3) is 2.40. The fraction of sp³-hybridized carbons (Fsp3) is 0.333. The largest absolute Gasteiger partial charge is 0.481 e. The molecular formula is C15H14FNO3S. The van der Waals surface area contributed by atoms with Gasteiger partial charge < -0.3 is 10.0 Å². The molecule has 0 bridgehead atoms. The van der Waals surface area contributed by atoms with Crippen LogP contribution in [0.4, 0.5) is 4.39 Å². The number of hydrogen-bond donors (Lipinski definition) is 1. The molecule has 6 heteroatoms. The molecule has 0 aliphatic carbocycles. The number of nitrogens with zero attached hydrogens (tertiary/aromatic N) is 1. The molecule has 1 aliphatic heterocycles. The summed E-state index contributed by atoms with van der Waals surface area (Å²) in [6.07, 6.45) is 0. The Labute approximate surface area is 124 Å². The Morgan fingerprint density at radius 2 is 2.14 bits per heavy atom. The maximum atomic E-state index is 13.6. The van der Waals surface area contributed by atoms with Gasteiger partial charge in [0.15, 0.2) is 0 Å². The fourth-order valence-corrected chi connectivity index (χ4v) is 3.53. The Morgan fingerprint density at radius 3 is 2.76 bits per heavy atom. The van der Waals surface area contributed by atoms with E-state index in [1.165, 1.54) is 17.4 Å². The second kappa shape index (κ2) is 5.11. The molecule has 1 N–H and O–H groups in total. The maximum absolute atomic E-state index is 13.6. The van der Waals surface area contributed by atoms with Crippen LogP contribution in [0.3, 0.4) is 0 Å². The molecule has 1 aromatic heterocycles. The Bertz CT molecular complexity index is 721. The van der Waals surface area contributed by atoms with Crippen LogP contribution in [0.15, 0.2) is 24.3 Å². The van der Waals surface area contributed by atoms with Gasteiger partial charge in [0.1, 0.15) is 5.82 Å². The number of carboxylic acids is 1. The number of amides is 1. The summed E-state index contributed by atoms with van der Waals surface area (Å²) < 4.78 is 14.4. The summed E-state index contributed by atoms with van der Waals surface area (Å²) in [5.41, 5.74) is 0. The highest BCUT2D eigenvalue weighted by atomic mass is 32.1. The molecule has 21 heavy (non-hydrogen) atoms. The van der Waals surface area contributed by atoms with Gasteiger partial charge in [-0.3, -0.25) is 9.59 Å². The predicted molar refractivity (Wildman–Crippen MR) is 78.0 cm³/mol. The smallest absolute Gasteiger partial charge is 0.306 e. The Kier molecular flexibility index (Phi) is 3.41. The Morgan fingerprint density at radius 1 is 1.43 bits per heavy atom. The first kappa shape index (κ1) is 14.0. The molecule has 3 rings (SSSR count). The van der Waals surface area contributed by atoms with Gasteiger partial charge in [-0.1, -0.05) is 13.0 Å². The first-order valence-electron chi connectivity index (χ1n) is 6.67. The molecule has 1 atom stereocenters. The van der Waals surface area contributed by atoms with Crippen molar-refractivity contribution >= 4 is 33.3 Å². The second-order valence-electron chi connectivity index (χ2n) is 5.36. The molecule has 1 amide bonds. The summed E-state index contributed by atoms with van der Waals surface area (Å²) in [4.78, 5) is 25.3. The van der Waals surface area contributed by atoms with Crippen molar-refractivity contribution in [2.75, 3.05) is 13.1 Å². The van der Waals surface area contributed by atoms with Gasteiger partial charge in [0.25, 0.3) is 5.91 Å².